The van der Waals surface area contributed by atoms with Crippen LogP contribution < -0.4 is 5.32 Å². The molecule has 0 bridgehead atoms. The van der Waals surface area contributed by atoms with Gasteiger partial charge in [0.25, 0.3) is 15.9 Å². The van der Waals surface area contributed by atoms with Crippen molar-refractivity contribution in [2.24, 2.45) is 0 Å². The summed E-state index contributed by atoms with van der Waals surface area (Å²) in [6.07, 6.45) is 0.732. The third-order valence-electron chi connectivity index (χ3n) is 7.28. The van der Waals surface area contributed by atoms with Gasteiger partial charge in [0.2, 0.25) is 0 Å². The van der Waals surface area contributed by atoms with Gasteiger partial charge < -0.3 is 25.4 Å². The van der Waals surface area contributed by atoms with Gasteiger partial charge in [0.1, 0.15) is 5.03 Å². The molecular weight excluding hydrogens is 564 g/mol. The second kappa shape index (κ2) is 9.82. The summed E-state index contributed by atoms with van der Waals surface area (Å²) in [5.41, 5.74) is 1.55. The molecule has 0 radical (unpaired) electrons. The fraction of sp³-hybridized carbons (Fsp3) is 0.360. The largest absolute Gasteiger partial charge is 0.494 e. The van der Waals surface area contributed by atoms with Gasteiger partial charge in [-0.05, 0) is 31.2 Å². The Morgan fingerprint density at radius 1 is 1.18 bits per heavy atom. The van der Waals surface area contributed by atoms with Crippen molar-refractivity contribution in [2.75, 3.05) is 19.6 Å². The molecule has 206 valence electrons. The molecule has 2 aliphatic rings. The average molecular weight is 591 g/mol. The highest BCUT2D eigenvalue weighted by atomic mass is 35.5. The number of amides is 1. The summed E-state index contributed by atoms with van der Waals surface area (Å²) in [6, 6.07) is 8.91. The number of aromatic amines is 1. The Morgan fingerprint density at radius 2 is 1.95 bits per heavy atom. The van der Waals surface area contributed by atoms with Crippen LogP contribution in [0.25, 0.3) is 10.9 Å². The van der Waals surface area contributed by atoms with Gasteiger partial charge in [-0.2, -0.15) is 4.31 Å². The van der Waals surface area contributed by atoms with Crippen molar-refractivity contribution in [3.8, 4) is 11.8 Å². The number of H-pyrrole nitrogens is 1. The van der Waals surface area contributed by atoms with Crippen LogP contribution in [0, 0.1) is 0 Å². The van der Waals surface area contributed by atoms with Crippen molar-refractivity contribution < 1.29 is 23.4 Å². The molecule has 1 aromatic carbocycles. The predicted molar refractivity (Wildman–Crippen MR) is 147 cm³/mol. The van der Waals surface area contributed by atoms with Gasteiger partial charge in [-0.3, -0.25) is 9.36 Å². The number of thiazole rings is 1. The Balaban J connectivity index is 1.31. The van der Waals surface area contributed by atoms with E-state index in [2.05, 4.69) is 22.2 Å². The minimum Gasteiger partial charge on any atom is -0.494 e. The van der Waals surface area contributed by atoms with E-state index in [1.807, 2.05) is 0 Å². The lowest BCUT2D eigenvalue weighted by Gasteiger charge is -2.40. The van der Waals surface area contributed by atoms with Crippen LogP contribution in [-0.4, -0.2) is 80.0 Å². The van der Waals surface area contributed by atoms with Crippen LogP contribution in [0.5, 0.6) is 11.8 Å². The summed E-state index contributed by atoms with van der Waals surface area (Å²) in [4.78, 5) is 23.9. The number of halogens is 1. The number of hydrogen-bond acceptors (Lipinski definition) is 8. The van der Waals surface area contributed by atoms with Crippen LogP contribution in [0.3, 0.4) is 0 Å². The summed E-state index contributed by atoms with van der Waals surface area (Å²) >= 11 is 7.42. The Hall–Kier alpha value is -3.10. The lowest BCUT2D eigenvalue weighted by molar-refractivity contribution is 0.0527. The number of carbonyl (C=O) groups excluding carboxylic acids is 1. The van der Waals surface area contributed by atoms with Crippen LogP contribution in [0.15, 0.2) is 41.4 Å². The van der Waals surface area contributed by atoms with Crippen LogP contribution >= 0.6 is 22.9 Å². The first kappa shape index (κ1) is 26.1. The zero-order valence-corrected chi connectivity index (χ0v) is 23.4. The van der Waals surface area contributed by atoms with Crippen LogP contribution in [0.1, 0.15) is 27.3 Å². The second-order valence-corrected chi connectivity index (χ2v) is 13.3. The van der Waals surface area contributed by atoms with E-state index in [0.717, 1.165) is 17.0 Å². The van der Waals surface area contributed by atoms with Crippen molar-refractivity contribution in [1.82, 2.24) is 29.1 Å². The van der Waals surface area contributed by atoms with E-state index in [4.69, 9.17) is 11.6 Å². The van der Waals surface area contributed by atoms with E-state index < -0.39 is 16.1 Å². The number of hydrogen-bond donors (Lipinski definition) is 4. The predicted octanol–water partition coefficient (Wildman–Crippen LogP) is 2.74. The minimum atomic E-state index is -3.95. The van der Waals surface area contributed by atoms with Gasteiger partial charge >= 0.3 is 0 Å². The molecule has 1 saturated heterocycles. The summed E-state index contributed by atoms with van der Waals surface area (Å²) in [5.74, 6) is -0.662. The Bertz CT molecular complexity index is 1660. The van der Waals surface area contributed by atoms with Gasteiger partial charge in [0.15, 0.2) is 16.8 Å². The van der Waals surface area contributed by atoms with E-state index in [1.165, 1.54) is 32.3 Å². The highest BCUT2D eigenvalue weighted by molar-refractivity contribution is 7.89. The number of fused-ring (bicyclic) bond motifs is 2. The smallest absolute Gasteiger partial charge is 0.283 e. The number of nitrogens with zero attached hydrogens (tertiary/aromatic N) is 4. The highest BCUT2D eigenvalue weighted by Gasteiger charge is 2.39. The Morgan fingerprint density at radius 3 is 2.72 bits per heavy atom. The van der Waals surface area contributed by atoms with Gasteiger partial charge in [0, 0.05) is 71.6 Å². The Labute approximate surface area is 233 Å². The van der Waals surface area contributed by atoms with Crippen molar-refractivity contribution in [3.63, 3.8) is 0 Å². The lowest BCUT2D eigenvalue weighted by atomic mass is 10.1. The van der Waals surface area contributed by atoms with Gasteiger partial charge in [-0.25, -0.2) is 13.4 Å². The molecular formula is C25H27ClN6O5S2. The minimum absolute atomic E-state index is 0.00554. The monoisotopic (exact) mass is 590 g/mol. The summed E-state index contributed by atoms with van der Waals surface area (Å²) < 4.78 is 29.9. The number of carbonyl (C=O) groups is 1. The first-order chi connectivity index (χ1) is 18.6. The van der Waals surface area contributed by atoms with Gasteiger partial charge in [-0.15, -0.1) is 11.3 Å². The summed E-state index contributed by atoms with van der Waals surface area (Å²) in [5, 5.41) is 25.5. The maximum Gasteiger partial charge on any atom is 0.283 e. The zero-order valence-electron chi connectivity index (χ0n) is 21.0. The number of sulfonamides is 1. The van der Waals surface area contributed by atoms with Crippen LogP contribution in [0.4, 0.5) is 0 Å². The highest BCUT2D eigenvalue weighted by Crippen LogP contribution is 2.30. The van der Waals surface area contributed by atoms with Crippen molar-refractivity contribution in [1.29, 1.82) is 0 Å². The molecule has 11 nitrogen and oxygen atoms in total. The molecule has 2 unspecified atom stereocenters. The molecule has 5 heterocycles. The lowest BCUT2D eigenvalue weighted by Crippen LogP contribution is -2.57. The third-order valence-corrected chi connectivity index (χ3v) is 10.4. The topological polar surface area (TPSA) is 144 Å². The maximum absolute atomic E-state index is 13.7. The summed E-state index contributed by atoms with van der Waals surface area (Å²) in [7, 11) is -3.95. The second-order valence-electron chi connectivity index (χ2n) is 9.92. The molecule has 0 spiro atoms. The molecule has 3 aromatic heterocycles. The number of piperazine rings is 1. The number of nitrogens with one attached hydrogen (secondary N) is 2. The first-order valence-corrected chi connectivity index (χ1v) is 15.1. The van der Waals surface area contributed by atoms with Crippen molar-refractivity contribution >= 4 is 49.8 Å². The molecule has 1 amide bonds. The van der Waals surface area contributed by atoms with Gasteiger partial charge in [-0.1, -0.05) is 11.6 Å². The van der Waals surface area contributed by atoms with Crippen LogP contribution in [-0.2, 0) is 29.5 Å². The van der Waals surface area contributed by atoms with E-state index in [9.17, 15) is 23.4 Å². The standard InChI is InChI=1S/C25H27ClN6O5S2/c1-14-8-19-20(11-27-14)38-24(29-19)25(35)31-7-6-30(12-17(31)13-32-22(33)4-5-23(32)34)39(36,37)21-10-15-9-16(26)2-3-18(15)28-21/h2-5,9-10,14,17,27-28,33-34H,6-8,11-13H2,1H3. The molecule has 2 aliphatic heterocycles. The Kier molecular flexibility index (Phi) is 6.58. The van der Waals surface area contributed by atoms with Gasteiger partial charge in [0.05, 0.1) is 18.3 Å². The fourth-order valence-electron chi connectivity index (χ4n) is 5.19. The number of aromatic nitrogens is 3. The molecule has 1 fully saturated rings. The maximum atomic E-state index is 13.7. The molecule has 14 heteroatoms. The van der Waals surface area contributed by atoms with E-state index >= 15 is 0 Å². The van der Waals surface area contributed by atoms with Crippen LogP contribution in [0.2, 0.25) is 5.02 Å². The number of rotatable bonds is 5. The molecule has 39 heavy (non-hydrogen) atoms. The molecule has 0 saturated carbocycles. The molecule has 6 rings (SSSR count). The van der Waals surface area contributed by atoms with E-state index in [0.29, 0.717) is 27.5 Å². The van der Waals surface area contributed by atoms with E-state index in [-0.39, 0.29) is 54.9 Å². The third kappa shape index (κ3) is 4.78. The van der Waals surface area contributed by atoms with Crippen molar-refractivity contribution in [3.05, 3.63) is 57.0 Å². The average Bonchev–Trinajstić information content (AvgIpc) is 3.61. The zero-order chi connectivity index (χ0) is 27.5. The number of benzene rings is 1. The number of aromatic hydroxyl groups is 2. The molecule has 2 atom stereocenters. The first-order valence-electron chi connectivity index (χ1n) is 12.5. The normalized spacial score (nSPS) is 20.4. The van der Waals surface area contributed by atoms with Crippen molar-refractivity contribution in [2.45, 2.75) is 43.5 Å². The molecule has 4 N–H and O–H groups in total. The quantitative estimate of drug-likeness (QED) is 0.280. The molecule has 0 aliphatic carbocycles. The molecule has 4 aromatic rings. The SMILES string of the molecule is CC1Cc2nc(C(=O)N3CCN(S(=O)(=O)c4cc5cc(Cl)ccc5[nH]4)CC3Cn3c(O)ccc3O)sc2CN1. The van der Waals surface area contributed by atoms with E-state index in [1.54, 1.807) is 29.2 Å². The summed E-state index contributed by atoms with van der Waals surface area (Å²) in [6.45, 7) is 2.87. The fourth-order valence-corrected chi connectivity index (χ4v) is 7.85.